The number of guanidine groups is 1. The summed E-state index contributed by atoms with van der Waals surface area (Å²) in [5.74, 6) is 1.03. The molecule has 0 spiro atoms. The number of nitrogens with two attached hydrogens (primary N) is 1. The average Bonchev–Trinajstić information content (AvgIpc) is 2.94. The highest BCUT2D eigenvalue weighted by Crippen LogP contribution is 2.20. The maximum Gasteiger partial charge on any atom is 0.223 e. The summed E-state index contributed by atoms with van der Waals surface area (Å²) in [6.45, 7) is 5.02. The molecule has 1 unspecified atom stereocenters. The van der Waals surface area contributed by atoms with Gasteiger partial charge in [-0.15, -0.1) is 24.0 Å². The number of hydrogen-bond acceptors (Lipinski definition) is 3. The lowest BCUT2D eigenvalue weighted by molar-refractivity contribution is -0.128. The van der Waals surface area contributed by atoms with E-state index in [2.05, 4.69) is 17.1 Å². The second kappa shape index (κ2) is 9.22. The van der Waals surface area contributed by atoms with Crippen LogP contribution in [0.4, 0.5) is 0 Å². The van der Waals surface area contributed by atoms with Crippen LogP contribution >= 0.6 is 24.0 Å². The molecule has 132 valence electrons. The van der Waals surface area contributed by atoms with Crippen LogP contribution in [-0.4, -0.2) is 61.1 Å². The Balaban J connectivity index is 0.00000208. The third kappa shape index (κ3) is 5.07. The van der Waals surface area contributed by atoms with Gasteiger partial charge in [-0.1, -0.05) is 30.3 Å². The summed E-state index contributed by atoms with van der Waals surface area (Å²) >= 11 is 0. The van der Waals surface area contributed by atoms with Gasteiger partial charge in [-0.3, -0.25) is 9.79 Å². The maximum absolute atomic E-state index is 12.2. The lowest BCUT2D eigenvalue weighted by atomic mass is 10.1. The maximum atomic E-state index is 12.2. The van der Waals surface area contributed by atoms with Crippen molar-refractivity contribution in [2.45, 2.75) is 13.0 Å². The first-order chi connectivity index (χ1) is 11.2. The highest BCUT2D eigenvalue weighted by molar-refractivity contribution is 14.0. The van der Waals surface area contributed by atoms with E-state index in [4.69, 9.17) is 10.5 Å². The number of morpholine rings is 1. The molecular weight excluding hydrogens is 419 g/mol. The van der Waals surface area contributed by atoms with Crippen molar-refractivity contribution < 1.29 is 9.53 Å². The Labute approximate surface area is 160 Å². The summed E-state index contributed by atoms with van der Waals surface area (Å²) in [7, 11) is 0. The van der Waals surface area contributed by atoms with Gasteiger partial charge in [0.25, 0.3) is 0 Å². The van der Waals surface area contributed by atoms with Crippen LogP contribution in [0.15, 0.2) is 35.3 Å². The minimum atomic E-state index is 0. The van der Waals surface area contributed by atoms with Gasteiger partial charge in [-0.25, -0.2) is 0 Å². The van der Waals surface area contributed by atoms with E-state index in [0.717, 1.165) is 25.2 Å². The van der Waals surface area contributed by atoms with Crippen LogP contribution in [-0.2, 0) is 16.1 Å². The van der Waals surface area contributed by atoms with E-state index in [9.17, 15) is 4.79 Å². The number of aliphatic imine (C=N–C) groups is 1. The molecule has 1 aromatic rings. The molecule has 3 rings (SSSR count). The minimum absolute atomic E-state index is 0. The van der Waals surface area contributed by atoms with E-state index in [-0.39, 0.29) is 35.8 Å². The zero-order valence-electron chi connectivity index (χ0n) is 13.8. The molecule has 2 aliphatic heterocycles. The summed E-state index contributed by atoms with van der Waals surface area (Å²) in [6.07, 6.45) is 0.562. The molecule has 0 radical (unpaired) electrons. The van der Waals surface area contributed by atoms with Gasteiger partial charge >= 0.3 is 0 Å². The number of amides is 1. The van der Waals surface area contributed by atoms with E-state index in [1.54, 1.807) is 0 Å². The summed E-state index contributed by atoms with van der Waals surface area (Å²) < 4.78 is 5.31. The average molecular weight is 444 g/mol. The normalized spacial score (nSPS) is 21.8. The molecule has 2 fully saturated rings. The van der Waals surface area contributed by atoms with Crippen LogP contribution in [0.3, 0.4) is 0 Å². The van der Waals surface area contributed by atoms with Crippen LogP contribution in [0.25, 0.3) is 0 Å². The molecule has 2 saturated heterocycles. The Morgan fingerprint density at radius 3 is 2.67 bits per heavy atom. The molecule has 2 aliphatic rings. The van der Waals surface area contributed by atoms with E-state index in [1.807, 2.05) is 28.0 Å². The van der Waals surface area contributed by atoms with Gasteiger partial charge in [0.05, 0.1) is 13.2 Å². The Morgan fingerprint density at radius 1 is 1.25 bits per heavy atom. The molecule has 0 bridgehead atoms. The molecule has 7 heteroatoms. The summed E-state index contributed by atoms with van der Waals surface area (Å²) in [6, 6.07) is 10.1. The van der Waals surface area contributed by atoms with Crippen LogP contribution < -0.4 is 5.73 Å². The van der Waals surface area contributed by atoms with Crippen LogP contribution in [0, 0.1) is 5.92 Å². The molecule has 2 N–H and O–H groups in total. The Morgan fingerprint density at radius 2 is 1.96 bits per heavy atom. The van der Waals surface area contributed by atoms with Gasteiger partial charge in [0.15, 0.2) is 5.96 Å². The van der Waals surface area contributed by atoms with Gasteiger partial charge in [0.1, 0.15) is 0 Å². The molecule has 2 heterocycles. The van der Waals surface area contributed by atoms with Crippen molar-refractivity contribution in [1.82, 2.24) is 9.80 Å². The van der Waals surface area contributed by atoms with Gasteiger partial charge < -0.3 is 20.3 Å². The highest BCUT2D eigenvalue weighted by Gasteiger charge is 2.29. The second-order valence-corrected chi connectivity index (χ2v) is 6.13. The molecule has 6 nitrogen and oxygen atoms in total. The Hall–Kier alpha value is -1.35. The third-order valence-electron chi connectivity index (χ3n) is 4.36. The molecular formula is C17H25IN4O2. The predicted octanol–water partition coefficient (Wildman–Crippen LogP) is 1.30. The van der Waals surface area contributed by atoms with E-state index < -0.39 is 0 Å². The fourth-order valence-electron chi connectivity index (χ4n) is 3.05. The van der Waals surface area contributed by atoms with Gasteiger partial charge in [-0.2, -0.15) is 0 Å². The minimum Gasteiger partial charge on any atom is -0.378 e. The predicted molar refractivity (Wildman–Crippen MR) is 104 cm³/mol. The monoisotopic (exact) mass is 444 g/mol. The fraction of sp³-hybridized carbons (Fsp3) is 0.529. The smallest absolute Gasteiger partial charge is 0.223 e. The number of hydrogen-bond donors (Lipinski definition) is 1. The first kappa shape index (κ1) is 19.0. The topological polar surface area (TPSA) is 71.2 Å². The first-order valence-corrected chi connectivity index (χ1v) is 8.16. The first-order valence-electron chi connectivity index (χ1n) is 8.16. The molecule has 0 aliphatic carbocycles. The standard InChI is InChI=1S/C17H24N4O2.HI/c18-17(20-6-8-23-9-7-20)19-11-15-10-16(22)21(13-15)12-14-4-2-1-3-5-14;/h1-5,15H,6-13H2,(H2,18,19);1H. The number of rotatable bonds is 4. The van der Waals surface area contributed by atoms with Gasteiger partial charge in [-0.05, 0) is 5.56 Å². The van der Waals surface area contributed by atoms with E-state index in [1.165, 1.54) is 0 Å². The molecule has 1 aromatic carbocycles. The van der Waals surface area contributed by atoms with Crippen molar-refractivity contribution in [1.29, 1.82) is 0 Å². The molecule has 1 amide bonds. The van der Waals surface area contributed by atoms with Gasteiger partial charge in [0, 0.05) is 45.1 Å². The summed E-state index contributed by atoms with van der Waals surface area (Å²) in [5.41, 5.74) is 7.21. The van der Waals surface area contributed by atoms with Crippen LogP contribution in [0.1, 0.15) is 12.0 Å². The summed E-state index contributed by atoms with van der Waals surface area (Å²) in [4.78, 5) is 20.6. The van der Waals surface area contributed by atoms with Gasteiger partial charge in [0.2, 0.25) is 5.91 Å². The number of nitrogens with zero attached hydrogens (tertiary/aromatic N) is 3. The number of likely N-dealkylation sites (tertiary alicyclic amines) is 1. The van der Waals surface area contributed by atoms with Crippen LogP contribution in [0.5, 0.6) is 0 Å². The molecule has 0 saturated carbocycles. The Kier molecular flexibility index (Phi) is 7.29. The highest BCUT2D eigenvalue weighted by atomic mass is 127. The van der Waals surface area contributed by atoms with Crippen molar-refractivity contribution in [2.24, 2.45) is 16.6 Å². The number of halogens is 1. The summed E-state index contributed by atoms with van der Waals surface area (Å²) in [5, 5.41) is 0. The van der Waals surface area contributed by atoms with Crippen LogP contribution in [0.2, 0.25) is 0 Å². The lowest BCUT2D eigenvalue weighted by Gasteiger charge is -2.27. The zero-order valence-corrected chi connectivity index (χ0v) is 16.1. The van der Waals surface area contributed by atoms with E-state index in [0.29, 0.717) is 38.7 Å². The number of carbonyl (C=O) groups is 1. The second-order valence-electron chi connectivity index (χ2n) is 6.13. The number of carbonyl (C=O) groups excluding carboxylic acids is 1. The molecule has 24 heavy (non-hydrogen) atoms. The Bertz CT molecular complexity index is 561. The number of benzene rings is 1. The molecule has 1 atom stereocenters. The zero-order chi connectivity index (χ0) is 16.1. The van der Waals surface area contributed by atoms with Crippen molar-refractivity contribution in [3.05, 3.63) is 35.9 Å². The fourth-order valence-corrected chi connectivity index (χ4v) is 3.05. The van der Waals surface area contributed by atoms with Crippen molar-refractivity contribution in [3.8, 4) is 0 Å². The largest absolute Gasteiger partial charge is 0.378 e. The SMILES string of the molecule is I.NC(=NCC1CC(=O)N(Cc2ccccc2)C1)N1CCOCC1. The third-order valence-corrected chi connectivity index (χ3v) is 4.36. The van der Waals surface area contributed by atoms with Crippen molar-refractivity contribution in [3.63, 3.8) is 0 Å². The van der Waals surface area contributed by atoms with E-state index >= 15 is 0 Å². The van der Waals surface area contributed by atoms with Crippen molar-refractivity contribution in [2.75, 3.05) is 39.4 Å². The quantitative estimate of drug-likeness (QED) is 0.432. The van der Waals surface area contributed by atoms with Crippen molar-refractivity contribution >= 4 is 35.8 Å². The molecule has 0 aromatic heterocycles. The lowest BCUT2D eigenvalue weighted by Crippen LogP contribution is -2.45. The number of ether oxygens (including phenoxy) is 1.